The second-order valence-corrected chi connectivity index (χ2v) is 7.99. The molecular weight excluding hydrogens is 398 g/mol. The van der Waals surface area contributed by atoms with E-state index in [1.54, 1.807) is 31.6 Å². The molecule has 30 heavy (non-hydrogen) atoms. The van der Waals surface area contributed by atoms with Gasteiger partial charge in [0.1, 0.15) is 17.8 Å². The second kappa shape index (κ2) is 9.22. The number of hydrogen-bond donors (Lipinski definition) is 2. The van der Waals surface area contributed by atoms with Gasteiger partial charge in [0, 0.05) is 18.1 Å². The lowest BCUT2D eigenvalue weighted by Gasteiger charge is -2.33. The van der Waals surface area contributed by atoms with Gasteiger partial charge >= 0.3 is 0 Å². The largest absolute Gasteiger partial charge is 0.495 e. The Morgan fingerprint density at radius 2 is 1.90 bits per heavy atom. The van der Waals surface area contributed by atoms with E-state index in [9.17, 15) is 0 Å². The van der Waals surface area contributed by atoms with Crippen LogP contribution in [0.2, 0.25) is 5.02 Å². The van der Waals surface area contributed by atoms with Gasteiger partial charge < -0.3 is 20.7 Å². The molecule has 1 aliphatic rings. The Labute approximate surface area is 182 Å². The monoisotopic (exact) mass is 423 g/mol. The number of nitrogens with one attached hydrogen (secondary N) is 1. The molecule has 0 atom stereocenters. The minimum absolute atomic E-state index is 0.529. The van der Waals surface area contributed by atoms with Crippen LogP contribution in [0.3, 0.4) is 0 Å². The van der Waals surface area contributed by atoms with Crippen LogP contribution in [0, 0.1) is 5.92 Å². The predicted molar refractivity (Wildman–Crippen MR) is 123 cm³/mol. The molecule has 1 saturated heterocycles. The highest BCUT2D eigenvalue weighted by Crippen LogP contribution is 2.35. The van der Waals surface area contributed by atoms with Crippen molar-refractivity contribution in [1.82, 2.24) is 9.97 Å². The summed E-state index contributed by atoms with van der Waals surface area (Å²) in [4.78, 5) is 11.0. The first-order chi connectivity index (χ1) is 14.6. The van der Waals surface area contributed by atoms with Crippen LogP contribution in [0.1, 0.15) is 18.4 Å². The summed E-state index contributed by atoms with van der Waals surface area (Å²) >= 11 is 6.14. The van der Waals surface area contributed by atoms with Gasteiger partial charge in [0.05, 0.1) is 12.8 Å². The standard InChI is InChI=1S/C23H26ClN5O/c1-30-20-8-7-18(24)14-19(20)28-22-21(25)23(27-15-26-22)29-11-9-17(10-12-29)13-16-5-3-2-4-6-16/h2-8,14-15,17H,9-13,25H2,1H3,(H,26,27,28). The molecule has 2 aromatic carbocycles. The Kier molecular flexibility index (Phi) is 6.23. The molecule has 7 heteroatoms. The molecule has 0 bridgehead atoms. The Morgan fingerprint density at radius 1 is 1.13 bits per heavy atom. The zero-order valence-corrected chi connectivity index (χ0v) is 17.8. The molecule has 3 aromatic rings. The summed E-state index contributed by atoms with van der Waals surface area (Å²) in [5, 5.41) is 3.84. The van der Waals surface area contributed by atoms with Crippen molar-refractivity contribution in [2.24, 2.45) is 5.92 Å². The van der Waals surface area contributed by atoms with E-state index >= 15 is 0 Å². The zero-order valence-electron chi connectivity index (χ0n) is 17.0. The Hall–Kier alpha value is -2.99. The molecule has 4 rings (SSSR count). The molecule has 0 aliphatic carbocycles. The number of halogens is 1. The molecule has 0 amide bonds. The molecule has 3 N–H and O–H groups in total. The summed E-state index contributed by atoms with van der Waals surface area (Å²) in [5.74, 6) is 2.67. The van der Waals surface area contributed by atoms with Gasteiger partial charge in [-0.05, 0) is 48.9 Å². The molecule has 0 unspecified atom stereocenters. The molecule has 1 aliphatic heterocycles. The van der Waals surface area contributed by atoms with Crippen molar-refractivity contribution >= 4 is 34.6 Å². The Bertz CT molecular complexity index is 990. The topological polar surface area (TPSA) is 76.3 Å². The molecule has 6 nitrogen and oxygen atoms in total. The third kappa shape index (κ3) is 4.60. The van der Waals surface area contributed by atoms with E-state index in [0.717, 1.165) is 38.2 Å². The molecule has 0 spiro atoms. The SMILES string of the molecule is COc1ccc(Cl)cc1Nc1ncnc(N2CCC(Cc3ccccc3)CC2)c1N. The number of hydrogen-bond acceptors (Lipinski definition) is 6. The lowest BCUT2D eigenvalue weighted by molar-refractivity contribution is 0.402. The van der Waals surface area contributed by atoms with Gasteiger partial charge in [-0.25, -0.2) is 9.97 Å². The minimum atomic E-state index is 0.529. The smallest absolute Gasteiger partial charge is 0.159 e. The van der Waals surface area contributed by atoms with E-state index in [2.05, 4.69) is 50.5 Å². The van der Waals surface area contributed by atoms with E-state index in [1.165, 1.54) is 5.56 Å². The first-order valence-corrected chi connectivity index (χ1v) is 10.5. The first kappa shape index (κ1) is 20.3. The molecule has 0 saturated carbocycles. The number of rotatable bonds is 6. The number of benzene rings is 2. The normalized spacial score (nSPS) is 14.5. The van der Waals surface area contributed by atoms with E-state index < -0.39 is 0 Å². The van der Waals surface area contributed by atoms with Crippen LogP contribution in [-0.4, -0.2) is 30.2 Å². The number of piperidine rings is 1. The van der Waals surface area contributed by atoms with Crippen molar-refractivity contribution in [3.05, 3.63) is 65.4 Å². The third-order valence-electron chi connectivity index (χ3n) is 5.56. The minimum Gasteiger partial charge on any atom is -0.495 e. The fraction of sp³-hybridized carbons (Fsp3) is 0.304. The van der Waals surface area contributed by atoms with Crippen LogP contribution in [-0.2, 0) is 6.42 Å². The number of methoxy groups -OCH3 is 1. The van der Waals surface area contributed by atoms with Gasteiger partial charge in [-0.15, -0.1) is 0 Å². The Morgan fingerprint density at radius 3 is 2.63 bits per heavy atom. The molecule has 0 radical (unpaired) electrons. The second-order valence-electron chi connectivity index (χ2n) is 7.55. The fourth-order valence-electron chi connectivity index (χ4n) is 3.94. The van der Waals surface area contributed by atoms with Crippen LogP contribution in [0.4, 0.5) is 23.0 Å². The number of ether oxygens (including phenoxy) is 1. The number of nitrogens with zero attached hydrogens (tertiary/aromatic N) is 3. The maximum atomic E-state index is 6.45. The maximum absolute atomic E-state index is 6.45. The highest BCUT2D eigenvalue weighted by molar-refractivity contribution is 6.31. The maximum Gasteiger partial charge on any atom is 0.159 e. The van der Waals surface area contributed by atoms with Crippen LogP contribution < -0.4 is 20.7 Å². The number of nitrogen functional groups attached to an aromatic ring is 1. The highest BCUT2D eigenvalue weighted by atomic mass is 35.5. The van der Waals surface area contributed by atoms with E-state index in [1.807, 2.05) is 0 Å². The van der Waals surface area contributed by atoms with Crippen LogP contribution >= 0.6 is 11.6 Å². The average molecular weight is 424 g/mol. The van der Waals surface area contributed by atoms with Crippen molar-refractivity contribution in [3.8, 4) is 5.75 Å². The van der Waals surface area contributed by atoms with Gasteiger partial charge in [-0.3, -0.25) is 0 Å². The van der Waals surface area contributed by atoms with Crippen LogP contribution in [0.5, 0.6) is 5.75 Å². The molecule has 156 valence electrons. The van der Waals surface area contributed by atoms with Gasteiger partial charge in [0.25, 0.3) is 0 Å². The molecular formula is C23H26ClN5O. The van der Waals surface area contributed by atoms with Crippen molar-refractivity contribution in [3.63, 3.8) is 0 Å². The highest BCUT2D eigenvalue weighted by Gasteiger charge is 2.23. The first-order valence-electron chi connectivity index (χ1n) is 10.1. The fourth-order valence-corrected chi connectivity index (χ4v) is 4.11. The lowest BCUT2D eigenvalue weighted by atomic mass is 9.90. The molecule has 1 fully saturated rings. The summed E-state index contributed by atoms with van der Waals surface area (Å²) < 4.78 is 5.40. The third-order valence-corrected chi connectivity index (χ3v) is 5.79. The zero-order chi connectivity index (χ0) is 20.9. The quantitative estimate of drug-likeness (QED) is 0.585. The van der Waals surface area contributed by atoms with E-state index in [-0.39, 0.29) is 0 Å². The van der Waals surface area contributed by atoms with Crippen LogP contribution in [0.25, 0.3) is 0 Å². The number of aromatic nitrogens is 2. The van der Waals surface area contributed by atoms with Gasteiger partial charge in [-0.1, -0.05) is 41.9 Å². The number of nitrogens with two attached hydrogens (primary N) is 1. The van der Waals surface area contributed by atoms with Gasteiger partial charge in [0.2, 0.25) is 0 Å². The lowest BCUT2D eigenvalue weighted by Crippen LogP contribution is -2.35. The summed E-state index contributed by atoms with van der Waals surface area (Å²) in [6.07, 6.45) is 4.89. The van der Waals surface area contributed by atoms with Gasteiger partial charge in [0.15, 0.2) is 11.6 Å². The van der Waals surface area contributed by atoms with Gasteiger partial charge in [-0.2, -0.15) is 0 Å². The van der Waals surface area contributed by atoms with Crippen molar-refractivity contribution < 1.29 is 4.74 Å². The van der Waals surface area contributed by atoms with E-state index in [0.29, 0.717) is 33.9 Å². The predicted octanol–water partition coefficient (Wildman–Crippen LogP) is 4.92. The summed E-state index contributed by atoms with van der Waals surface area (Å²) in [5.41, 5.74) is 9.09. The number of anilines is 4. The molecule has 1 aromatic heterocycles. The van der Waals surface area contributed by atoms with Crippen LogP contribution in [0.15, 0.2) is 54.9 Å². The Balaban J connectivity index is 1.46. The summed E-state index contributed by atoms with van der Waals surface area (Å²) in [6, 6.07) is 16.1. The summed E-state index contributed by atoms with van der Waals surface area (Å²) in [6.45, 7) is 1.86. The van der Waals surface area contributed by atoms with E-state index in [4.69, 9.17) is 22.1 Å². The van der Waals surface area contributed by atoms with Crippen molar-refractivity contribution in [2.45, 2.75) is 19.3 Å². The van der Waals surface area contributed by atoms with Crippen molar-refractivity contribution in [1.29, 1.82) is 0 Å². The summed E-state index contributed by atoms with van der Waals surface area (Å²) in [7, 11) is 1.61. The average Bonchev–Trinajstić information content (AvgIpc) is 2.77. The van der Waals surface area contributed by atoms with Crippen molar-refractivity contribution in [2.75, 3.05) is 36.1 Å². The molecule has 2 heterocycles.